The molecule has 3 amide bonds. The number of thiazole rings is 1. The Labute approximate surface area is 435 Å². The lowest BCUT2D eigenvalue weighted by atomic mass is 9.81. The first-order valence-corrected chi connectivity index (χ1v) is 27.3. The van der Waals surface area contributed by atoms with E-state index in [2.05, 4.69) is 56.6 Å². The molecule has 0 bridgehead atoms. The number of hydrogen-bond donors (Lipinski definition) is 3. The summed E-state index contributed by atoms with van der Waals surface area (Å²) >= 11 is 1.44. The summed E-state index contributed by atoms with van der Waals surface area (Å²) in [6.07, 6.45) is 10.7. The number of carbonyl (C=O) groups excluding carboxylic acids is 3. The third-order valence-corrected chi connectivity index (χ3v) is 17.3. The Morgan fingerprint density at radius 1 is 0.878 bits per heavy atom. The Morgan fingerprint density at radius 2 is 1.72 bits per heavy atom. The van der Waals surface area contributed by atoms with E-state index in [1.54, 1.807) is 0 Å². The van der Waals surface area contributed by atoms with Crippen molar-refractivity contribution in [2.24, 2.45) is 18.9 Å². The van der Waals surface area contributed by atoms with Crippen molar-refractivity contribution in [1.29, 1.82) is 0 Å². The van der Waals surface area contributed by atoms with Crippen molar-refractivity contribution in [3.63, 3.8) is 0 Å². The van der Waals surface area contributed by atoms with Gasteiger partial charge in [0.1, 0.15) is 11.6 Å². The molecule has 3 aromatic heterocycles. The number of aryl methyl sites for hydroxylation is 1. The van der Waals surface area contributed by atoms with Gasteiger partial charge in [-0.15, -0.1) is 0 Å². The van der Waals surface area contributed by atoms with Crippen LogP contribution in [0.15, 0.2) is 91.0 Å². The lowest BCUT2D eigenvalue weighted by molar-refractivity contribution is -0.134. The van der Waals surface area contributed by atoms with Crippen LogP contribution >= 0.6 is 11.3 Å². The van der Waals surface area contributed by atoms with Gasteiger partial charge in [-0.05, 0) is 159 Å². The summed E-state index contributed by atoms with van der Waals surface area (Å²) in [5, 5.41) is 22.3. The van der Waals surface area contributed by atoms with E-state index in [9.17, 15) is 24.3 Å². The SMILES string of the molecule is Cc1c(O[C@H]2CC[C@H](CCCCN3CC[C@H](c4ccc5c(C6CCC(=O)NC6=O)nn(C)c5c4)[C@H](C)C3)CC2)cccc1-c1ccc(N2CCc3cccc(C(=O)Nc4nc5ccccc5s4)c3C2)nc1C(=O)O. The summed E-state index contributed by atoms with van der Waals surface area (Å²) in [5.41, 5.74) is 8.76. The minimum absolute atomic E-state index is 0.0153. The predicted molar refractivity (Wildman–Crippen MR) is 289 cm³/mol. The summed E-state index contributed by atoms with van der Waals surface area (Å²) in [5.74, 6) is 0.859. The summed E-state index contributed by atoms with van der Waals surface area (Å²) in [7, 11) is 1.94. The molecule has 3 atom stereocenters. The van der Waals surface area contributed by atoms with E-state index < -0.39 is 11.9 Å². The number of piperidine rings is 2. The zero-order valence-corrected chi connectivity index (χ0v) is 43.3. The number of benzene rings is 4. The number of ether oxygens (including phenoxy) is 1. The number of carboxylic acid groups (broad SMARTS) is 1. The maximum Gasteiger partial charge on any atom is 0.355 e. The second-order valence-corrected chi connectivity index (χ2v) is 22.1. The van der Waals surface area contributed by atoms with Gasteiger partial charge in [0.2, 0.25) is 11.8 Å². The molecule has 3 aliphatic heterocycles. The monoisotopic (exact) mass is 1010 g/mol. The fourth-order valence-corrected chi connectivity index (χ4v) is 13.1. The minimum Gasteiger partial charge on any atom is -0.490 e. The molecule has 3 N–H and O–H groups in total. The summed E-state index contributed by atoms with van der Waals surface area (Å²) in [6, 6.07) is 29.9. The average molecular weight is 1010 g/mol. The lowest BCUT2D eigenvalue weighted by Crippen LogP contribution is -2.39. The van der Waals surface area contributed by atoms with Gasteiger partial charge in [-0.1, -0.05) is 79.6 Å². The van der Waals surface area contributed by atoms with Crippen LogP contribution in [-0.4, -0.2) is 85.7 Å². The molecule has 14 nitrogen and oxygen atoms in total. The Kier molecular flexibility index (Phi) is 14.0. The van der Waals surface area contributed by atoms with E-state index in [0.717, 1.165) is 107 Å². The number of rotatable bonds is 14. The number of fused-ring (bicyclic) bond motifs is 3. The molecule has 4 aliphatic rings. The molecule has 0 radical (unpaired) electrons. The molecule has 1 saturated carbocycles. The lowest BCUT2D eigenvalue weighted by Gasteiger charge is -2.37. The largest absolute Gasteiger partial charge is 0.490 e. The smallest absolute Gasteiger partial charge is 0.355 e. The normalized spacial score (nSPS) is 21.4. The van der Waals surface area contributed by atoms with Gasteiger partial charge < -0.3 is 19.6 Å². The van der Waals surface area contributed by atoms with E-state index in [1.807, 2.05) is 85.4 Å². The molecule has 0 spiro atoms. The maximum atomic E-state index is 13.7. The summed E-state index contributed by atoms with van der Waals surface area (Å²) in [4.78, 5) is 65.1. The Hall–Kier alpha value is -6.97. The summed E-state index contributed by atoms with van der Waals surface area (Å²) < 4.78 is 9.59. The van der Waals surface area contributed by atoms with Crippen molar-refractivity contribution in [2.45, 2.75) is 109 Å². The van der Waals surface area contributed by atoms with Gasteiger partial charge in [0.25, 0.3) is 5.91 Å². The van der Waals surface area contributed by atoms with Crippen LogP contribution < -0.4 is 20.3 Å². The number of nitrogens with one attached hydrogen (secondary N) is 2. The van der Waals surface area contributed by atoms with Crippen LogP contribution in [0.2, 0.25) is 0 Å². The highest BCUT2D eigenvalue weighted by Gasteiger charge is 2.34. The number of nitrogens with zero attached hydrogens (tertiary/aromatic N) is 6. The quantitative estimate of drug-likeness (QED) is 0.0699. The number of pyridine rings is 1. The number of aromatic nitrogens is 4. The minimum atomic E-state index is -1.10. The molecular weight excluding hydrogens is 949 g/mol. The van der Waals surface area contributed by atoms with Crippen molar-refractivity contribution in [3.8, 4) is 16.9 Å². The van der Waals surface area contributed by atoms with E-state index in [0.29, 0.717) is 72.2 Å². The number of unbranched alkanes of at least 4 members (excludes halogenated alkanes) is 1. The topological polar surface area (TPSA) is 172 Å². The van der Waals surface area contributed by atoms with Crippen molar-refractivity contribution >= 4 is 67.1 Å². The van der Waals surface area contributed by atoms with Crippen LogP contribution in [0.5, 0.6) is 5.75 Å². The number of hydrogen-bond acceptors (Lipinski definition) is 11. The molecule has 382 valence electrons. The maximum absolute atomic E-state index is 13.7. The molecule has 6 heterocycles. The van der Waals surface area contributed by atoms with Crippen molar-refractivity contribution in [3.05, 3.63) is 130 Å². The zero-order chi connectivity index (χ0) is 51.0. The molecule has 15 heteroatoms. The highest BCUT2D eigenvalue weighted by Crippen LogP contribution is 2.40. The fraction of sp³-hybridized carbons (Fsp3) is 0.407. The first-order valence-electron chi connectivity index (χ1n) is 26.5. The Morgan fingerprint density at radius 3 is 2.53 bits per heavy atom. The van der Waals surface area contributed by atoms with Gasteiger partial charge in [-0.3, -0.25) is 29.7 Å². The molecule has 11 rings (SSSR count). The third kappa shape index (κ3) is 10.2. The number of amides is 3. The Bertz CT molecular complexity index is 3250. The second-order valence-electron chi connectivity index (χ2n) is 21.1. The van der Waals surface area contributed by atoms with Crippen LogP contribution in [0.4, 0.5) is 10.9 Å². The zero-order valence-electron chi connectivity index (χ0n) is 42.4. The van der Waals surface area contributed by atoms with E-state index in [4.69, 9.17) is 14.8 Å². The number of para-hydroxylation sites is 1. The highest BCUT2D eigenvalue weighted by atomic mass is 32.1. The molecule has 1 unspecified atom stereocenters. The average Bonchev–Trinajstić information content (AvgIpc) is 3.97. The van der Waals surface area contributed by atoms with Gasteiger partial charge in [0.05, 0.1) is 33.4 Å². The second kappa shape index (κ2) is 21.1. The van der Waals surface area contributed by atoms with Crippen molar-refractivity contribution in [2.75, 3.05) is 36.4 Å². The number of anilines is 2. The van der Waals surface area contributed by atoms with Gasteiger partial charge in [-0.2, -0.15) is 5.10 Å². The molecular formula is C59H64N8O6S. The van der Waals surface area contributed by atoms with E-state index in [-0.39, 0.29) is 29.5 Å². The van der Waals surface area contributed by atoms with Crippen LogP contribution in [0, 0.1) is 18.8 Å². The highest BCUT2D eigenvalue weighted by molar-refractivity contribution is 7.22. The molecule has 74 heavy (non-hydrogen) atoms. The molecule has 7 aromatic rings. The van der Waals surface area contributed by atoms with Crippen LogP contribution in [0.3, 0.4) is 0 Å². The van der Waals surface area contributed by atoms with E-state index >= 15 is 0 Å². The Balaban J connectivity index is 0.654. The number of carbonyl (C=O) groups is 4. The fourth-order valence-electron chi connectivity index (χ4n) is 12.3. The number of likely N-dealkylation sites (tertiary alicyclic amines) is 1. The number of imide groups is 1. The van der Waals surface area contributed by atoms with Crippen LogP contribution in [-0.2, 0) is 29.6 Å². The first-order chi connectivity index (χ1) is 35.9. The third-order valence-electron chi connectivity index (χ3n) is 16.3. The molecule has 3 fully saturated rings. The van der Waals surface area contributed by atoms with Gasteiger partial charge >= 0.3 is 5.97 Å². The number of aromatic carboxylic acids is 1. The predicted octanol–water partition coefficient (Wildman–Crippen LogP) is 10.8. The molecule has 4 aromatic carbocycles. The molecule has 2 saturated heterocycles. The van der Waals surface area contributed by atoms with Gasteiger partial charge in [-0.25, -0.2) is 14.8 Å². The van der Waals surface area contributed by atoms with Gasteiger partial charge in [0.15, 0.2) is 10.8 Å². The van der Waals surface area contributed by atoms with E-state index in [1.165, 1.54) is 36.2 Å². The number of carboxylic acids is 1. The first kappa shape index (κ1) is 49.3. The summed E-state index contributed by atoms with van der Waals surface area (Å²) in [6.45, 7) is 8.74. The molecule has 1 aliphatic carbocycles. The van der Waals surface area contributed by atoms with Gasteiger partial charge in [0, 0.05) is 49.6 Å². The van der Waals surface area contributed by atoms with Crippen molar-refractivity contribution in [1.82, 2.24) is 30.0 Å². The standard InChI is InChI=1S/C59H64N8O6S/c1-35-33-66(30-28-41(35)39-19-22-45-49(32-39)65(3)64-54(45)46-24-26-53(68)62-57(46)70)29-7-6-10-37-17-20-40(21-18-37)73-50-15-9-12-42(36(50)2)43-23-25-52(61-55(43)58(71)72)67-31-27-38-11-8-13-44(47(38)34-67)56(69)63-59-60-48-14-4-5-16-51(48)74-59/h4-5,8-9,11-16,19,22-23,25,32,35,37,40-41,46H,6-7,10,17-18,20-21,24,26-31,33-34H2,1-3H3,(H,71,72)(H,60,63,69)(H,62,68,70)/t35-,37-,40-,41+,46?/m1/s1. The van der Waals surface area contributed by atoms with Crippen LogP contribution in [0.25, 0.3) is 32.2 Å². The van der Waals surface area contributed by atoms with Crippen molar-refractivity contribution < 1.29 is 29.0 Å². The van der Waals surface area contributed by atoms with Crippen LogP contribution in [0.1, 0.15) is 132 Å².